The van der Waals surface area contributed by atoms with Crippen LogP contribution in [0.1, 0.15) is 19.8 Å². The van der Waals surface area contributed by atoms with E-state index < -0.39 is 11.7 Å². The first kappa shape index (κ1) is 13.7. The molecule has 1 aliphatic heterocycles. The molecule has 0 saturated carbocycles. The Morgan fingerprint density at radius 1 is 1.30 bits per heavy atom. The van der Waals surface area contributed by atoms with E-state index in [1.54, 1.807) is 0 Å². The Morgan fingerprint density at radius 2 is 1.95 bits per heavy atom. The summed E-state index contributed by atoms with van der Waals surface area (Å²) < 4.78 is 13.6. The van der Waals surface area contributed by atoms with Gasteiger partial charge in [0.2, 0.25) is 11.8 Å². The highest BCUT2D eigenvalue weighted by Gasteiger charge is 2.30. The number of imide groups is 1. The normalized spacial score (nSPS) is 14.0. The number of hydrogen-bond donors (Lipinski definition) is 1. The van der Waals surface area contributed by atoms with Crippen molar-refractivity contribution in [3.63, 3.8) is 0 Å². The van der Waals surface area contributed by atoms with Crippen molar-refractivity contribution in [2.45, 2.75) is 19.8 Å². The van der Waals surface area contributed by atoms with Crippen LogP contribution in [0.4, 0.5) is 15.8 Å². The van der Waals surface area contributed by atoms with Crippen LogP contribution in [0.5, 0.6) is 0 Å². The van der Waals surface area contributed by atoms with Crippen LogP contribution in [0.3, 0.4) is 0 Å². The molecule has 3 amide bonds. The lowest BCUT2D eigenvalue weighted by atomic mass is 10.2. The van der Waals surface area contributed by atoms with Crippen molar-refractivity contribution in [1.29, 1.82) is 0 Å². The van der Waals surface area contributed by atoms with Crippen molar-refractivity contribution in [2.75, 3.05) is 10.2 Å². The van der Waals surface area contributed by atoms with Crippen molar-refractivity contribution < 1.29 is 18.8 Å². The molecule has 6 heteroatoms. The molecule has 0 spiro atoms. The Morgan fingerprint density at radius 3 is 2.55 bits per heavy atom. The molecule has 1 aromatic carbocycles. The molecule has 1 saturated heterocycles. The van der Waals surface area contributed by atoms with Gasteiger partial charge in [0, 0.05) is 12.8 Å². The van der Waals surface area contributed by atoms with E-state index in [1.807, 2.05) is 0 Å². The second kappa shape index (κ2) is 5.53. The average molecular weight is 274 g/mol. The lowest BCUT2D eigenvalue weighted by molar-refractivity contribution is -0.121. The summed E-state index contributed by atoms with van der Waals surface area (Å²) in [6.45, 7) is 1.48. The largest absolute Gasteiger partial charge is 0.312 e. The number of rotatable bonds is 2. The maximum Gasteiger partial charge on any atom is 0.300 e. The molecule has 1 aromatic rings. The summed E-state index contributed by atoms with van der Waals surface area (Å²) in [5.74, 6) is 2.59. The van der Waals surface area contributed by atoms with Gasteiger partial charge in [-0.1, -0.05) is 5.92 Å². The Bertz CT molecular complexity index is 642. The minimum Gasteiger partial charge on any atom is -0.312 e. The Labute approximate surface area is 114 Å². The fourth-order valence-corrected chi connectivity index (χ4v) is 1.88. The summed E-state index contributed by atoms with van der Waals surface area (Å²) in [5.41, 5.74) is 0.112. The summed E-state index contributed by atoms with van der Waals surface area (Å²) in [6, 6.07) is 3.65. The van der Waals surface area contributed by atoms with E-state index >= 15 is 0 Å². The fourth-order valence-electron chi connectivity index (χ4n) is 1.88. The second-order valence-electron chi connectivity index (χ2n) is 4.12. The van der Waals surface area contributed by atoms with Gasteiger partial charge in [0.1, 0.15) is 5.82 Å². The number of nitrogens with zero attached hydrogens (tertiary/aromatic N) is 1. The van der Waals surface area contributed by atoms with E-state index in [2.05, 4.69) is 17.2 Å². The highest BCUT2D eigenvalue weighted by molar-refractivity contribution is 6.20. The maximum absolute atomic E-state index is 13.6. The van der Waals surface area contributed by atoms with E-state index in [9.17, 15) is 18.8 Å². The third kappa shape index (κ3) is 2.67. The standard InChI is InChI=1S/C14H11FN2O3/c1-2-3-12(18)16-11-8-9(4-5-10(11)15)17-13(19)6-7-14(17)20/h4-5,8H,6-7H2,1H3,(H,16,18). The molecular formula is C14H11FN2O3. The molecule has 1 fully saturated rings. The number of hydrogen-bond acceptors (Lipinski definition) is 3. The van der Waals surface area contributed by atoms with Gasteiger partial charge in [0.25, 0.3) is 5.91 Å². The summed E-state index contributed by atoms with van der Waals surface area (Å²) in [5, 5.41) is 2.27. The molecule has 0 bridgehead atoms. The molecule has 0 unspecified atom stereocenters. The van der Waals surface area contributed by atoms with Gasteiger partial charge in [0.15, 0.2) is 0 Å². The first-order valence-electron chi connectivity index (χ1n) is 5.92. The van der Waals surface area contributed by atoms with Gasteiger partial charge in [-0.25, -0.2) is 4.39 Å². The lowest BCUT2D eigenvalue weighted by Crippen LogP contribution is -2.28. The number of halogens is 1. The summed E-state index contributed by atoms with van der Waals surface area (Å²) in [7, 11) is 0. The molecule has 0 atom stereocenters. The molecule has 0 radical (unpaired) electrons. The van der Waals surface area contributed by atoms with Crippen molar-refractivity contribution in [2.24, 2.45) is 0 Å². The van der Waals surface area contributed by atoms with E-state index in [1.165, 1.54) is 19.1 Å². The number of benzene rings is 1. The molecule has 1 aliphatic rings. The van der Waals surface area contributed by atoms with Crippen molar-refractivity contribution in [3.8, 4) is 11.8 Å². The third-order valence-electron chi connectivity index (χ3n) is 2.75. The highest BCUT2D eigenvalue weighted by atomic mass is 19.1. The van der Waals surface area contributed by atoms with E-state index in [0.717, 1.165) is 11.0 Å². The monoisotopic (exact) mass is 274 g/mol. The van der Waals surface area contributed by atoms with Gasteiger partial charge < -0.3 is 5.32 Å². The maximum atomic E-state index is 13.6. The van der Waals surface area contributed by atoms with Gasteiger partial charge in [0.05, 0.1) is 11.4 Å². The predicted octanol–water partition coefficient (Wildman–Crippen LogP) is 1.44. The third-order valence-corrected chi connectivity index (χ3v) is 2.75. The van der Waals surface area contributed by atoms with Crippen LogP contribution in [-0.2, 0) is 14.4 Å². The van der Waals surface area contributed by atoms with E-state index in [-0.39, 0.29) is 36.0 Å². The van der Waals surface area contributed by atoms with Crippen molar-refractivity contribution in [3.05, 3.63) is 24.0 Å². The van der Waals surface area contributed by atoms with Crippen LogP contribution in [0.15, 0.2) is 18.2 Å². The number of carbonyl (C=O) groups is 3. The molecular weight excluding hydrogens is 263 g/mol. The van der Waals surface area contributed by atoms with Crippen LogP contribution < -0.4 is 10.2 Å². The van der Waals surface area contributed by atoms with Crippen LogP contribution in [0.2, 0.25) is 0 Å². The van der Waals surface area contributed by atoms with Crippen molar-refractivity contribution in [1.82, 2.24) is 0 Å². The smallest absolute Gasteiger partial charge is 0.300 e. The topological polar surface area (TPSA) is 66.5 Å². The minimum atomic E-state index is -0.668. The number of nitrogens with one attached hydrogen (secondary N) is 1. The zero-order valence-corrected chi connectivity index (χ0v) is 10.7. The molecule has 1 N–H and O–H groups in total. The van der Waals surface area contributed by atoms with Crippen LogP contribution in [0, 0.1) is 17.7 Å². The predicted molar refractivity (Wildman–Crippen MR) is 70.2 cm³/mol. The van der Waals surface area contributed by atoms with Gasteiger partial charge >= 0.3 is 0 Å². The van der Waals surface area contributed by atoms with Crippen molar-refractivity contribution >= 4 is 29.1 Å². The van der Waals surface area contributed by atoms with Gasteiger partial charge in [-0.15, -0.1) is 0 Å². The summed E-state index contributed by atoms with van der Waals surface area (Å²) in [4.78, 5) is 35.5. The van der Waals surface area contributed by atoms with E-state index in [0.29, 0.717) is 0 Å². The minimum absolute atomic E-state index is 0.122. The molecule has 102 valence electrons. The van der Waals surface area contributed by atoms with Crippen LogP contribution in [-0.4, -0.2) is 17.7 Å². The summed E-state index contributed by atoms with van der Waals surface area (Å²) in [6.07, 6.45) is 0.276. The van der Waals surface area contributed by atoms with E-state index in [4.69, 9.17) is 0 Å². The molecule has 20 heavy (non-hydrogen) atoms. The van der Waals surface area contributed by atoms with Crippen LogP contribution in [0.25, 0.3) is 0 Å². The quantitative estimate of drug-likeness (QED) is 0.655. The highest BCUT2D eigenvalue weighted by Crippen LogP contribution is 2.27. The first-order chi connectivity index (χ1) is 9.52. The molecule has 0 aromatic heterocycles. The molecule has 5 nitrogen and oxygen atoms in total. The zero-order chi connectivity index (χ0) is 14.7. The molecule has 0 aliphatic carbocycles. The first-order valence-corrected chi connectivity index (χ1v) is 5.92. The Kier molecular flexibility index (Phi) is 3.80. The van der Waals surface area contributed by atoms with Gasteiger partial charge in [-0.05, 0) is 31.0 Å². The Balaban J connectivity index is 2.32. The van der Waals surface area contributed by atoms with Crippen LogP contribution >= 0.6 is 0 Å². The summed E-state index contributed by atoms with van der Waals surface area (Å²) >= 11 is 0. The number of anilines is 2. The average Bonchev–Trinajstić information content (AvgIpc) is 2.72. The zero-order valence-electron chi connectivity index (χ0n) is 10.7. The van der Waals surface area contributed by atoms with Gasteiger partial charge in [-0.2, -0.15) is 0 Å². The number of carbonyl (C=O) groups excluding carboxylic acids is 3. The Hall–Kier alpha value is -2.68. The second-order valence-corrected chi connectivity index (χ2v) is 4.12. The molecule has 1 heterocycles. The SMILES string of the molecule is CC#CC(=O)Nc1cc(N2C(=O)CCC2=O)ccc1F. The van der Waals surface area contributed by atoms with Gasteiger partial charge in [-0.3, -0.25) is 19.3 Å². The fraction of sp³-hybridized carbons (Fsp3) is 0.214. The molecule has 2 rings (SSSR count). The lowest BCUT2D eigenvalue weighted by Gasteiger charge is -2.15. The number of amides is 3.